The Morgan fingerprint density at radius 3 is 3.10 bits per heavy atom. The largest absolute Gasteiger partial charge is 0.277 e. The zero-order valence-corrected chi connectivity index (χ0v) is 5.70. The van der Waals surface area contributed by atoms with Crippen LogP contribution < -0.4 is 5.43 Å². The van der Waals surface area contributed by atoms with Crippen molar-refractivity contribution in [2.75, 3.05) is 7.05 Å². The molecule has 0 aromatic rings. The molecule has 0 amide bonds. The SMILES string of the molecule is C=C1C=NNC1=NC=NC. The number of nitrogens with zero attached hydrogens (tertiary/aromatic N) is 3. The molecule has 0 radical (unpaired) electrons. The van der Waals surface area contributed by atoms with Crippen molar-refractivity contribution in [2.24, 2.45) is 15.1 Å². The molecule has 0 aromatic carbocycles. The van der Waals surface area contributed by atoms with Gasteiger partial charge in [-0.15, -0.1) is 0 Å². The third-order valence-corrected chi connectivity index (χ3v) is 0.997. The number of hydrogen-bond acceptors (Lipinski definition) is 2. The lowest BCUT2D eigenvalue weighted by molar-refractivity contribution is 1.06. The monoisotopic (exact) mass is 136 g/mol. The molecule has 4 nitrogen and oxygen atoms in total. The molecule has 1 N–H and O–H groups in total. The number of amidine groups is 1. The average molecular weight is 136 g/mol. The van der Waals surface area contributed by atoms with Crippen molar-refractivity contribution in [3.8, 4) is 0 Å². The first-order chi connectivity index (χ1) is 4.84. The molecule has 0 atom stereocenters. The van der Waals surface area contributed by atoms with Gasteiger partial charge < -0.3 is 0 Å². The highest BCUT2D eigenvalue weighted by Crippen LogP contribution is 1.93. The molecule has 1 rings (SSSR count). The number of hydrazone groups is 1. The second-order valence-corrected chi connectivity index (χ2v) is 1.75. The van der Waals surface area contributed by atoms with Crippen molar-refractivity contribution in [3.05, 3.63) is 12.2 Å². The van der Waals surface area contributed by atoms with Crippen LogP contribution in [0.25, 0.3) is 0 Å². The molecule has 1 heterocycles. The molecule has 0 aromatic heterocycles. The van der Waals surface area contributed by atoms with Crippen LogP contribution in [0.3, 0.4) is 0 Å². The van der Waals surface area contributed by atoms with E-state index in [0.29, 0.717) is 5.84 Å². The molecule has 0 unspecified atom stereocenters. The van der Waals surface area contributed by atoms with Gasteiger partial charge in [0.2, 0.25) is 0 Å². The Bertz CT molecular complexity index is 224. The van der Waals surface area contributed by atoms with Crippen molar-refractivity contribution in [1.29, 1.82) is 0 Å². The standard InChI is InChI=1S/C6H8N4/c1-5-3-9-10-6(5)8-4-7-2/h3-4H,1H2,2H3,(H,7,8,10). The van der Waals surface area contributed by atoms with Crippen molar-refractivity contribution < 1.29 is 0 Å². The first-order valence-electron chi connectivity index (χ1n) is 2.81. The van der Waals surface area contributed by atoms with Gasteiger partial charge in [0.25, 0.3) is 0 Å². The predicted octanol–water partition coefficient (Wildman–Crippen LogP) is 0.188. The van der Waals surface area contributed by atoms with Crippen LogP contribution >= 0.6 is 0 Å². The molecule has 4 heteroatoms. The summed E-state index contributed by atoms with van der Waals surface area (Å²) in [6, 6.07) is 0. The van der Waals surface area contributed by atoms with Gasteiger partial charge in [0.1, 0.15) is 6.34 Å². The summed E-state index contributed by atoms with van der Waals surface area (Å²) >= 11 is 0. The summed E-state index contributed by atoms with van der Waals surface area (Å²) in [6.45, 7) is 3.68. The van der Waals surface area contributed by atoms with Crippen LogP contribution in [0.2, 0.25) is 0 Å². The number of aliphatic imine (C=N–C) groups is 2. The van der Waals surface area contributed by atoms with Crippen molar-refractivity contribution in [2.45, 2.75) is 0 Å². The summed E-state index contributed by atoms with van der Waals surface area (Å²) in [5.74, 6) is 0.658. The normalized spacial score (nSPS) is 20.9. The molecule has 1 aliphatic heterocycles. The maximum atomic E-state index is 3.91. The Kier molecular flexibility index (Phi) is 1.94. The highest BCUT2D eigenvalue weighted by atomic mass is 15.3. The van der Waals surface area contributed by atoms with E-state index in [1.165, 1.54) is 6.34 Å². The van der Waals surface area contributed by atoms with E-state index in [9.17, 15) is 0 Å². The Hall–Kier alpha value is -1.45. The zero-order valence-electron chi connectivity index (χ0n) is 5.70. The van der Waals surface area contributed by atoms with Crippen molar-refractivity contribution in [1.82, 2.24) is 5.43 Å². The first-order valence-corrected chi connectivity index (χ1v) is 2.81. The van der Waals surface area contributed by atoms with E-state index >= 15 is 0 Å². The molecule has 1 aliphatic rings. The van der Waals surface area contributed by atoms with E-state index in [2.05, 4.69) is 27.1 Å². The van der Waals surface area contributed by atoms with Gasteiger partial charge in [0.05, 0.1) is 6.21 Å². The zero-order chi connectivity index (χ0) is 7.40. The molecule has 0 saturated carbocycles. The fourth-order valence-electron chi connectivity index (χ4n) is 0.532. The van der Waals surface area contributed by atoms with Gasteiger partial charge in [-0.1, -0.05) is 6.58 Å². The summed E-state index contributed by atoms with van der Waals surface area (Å²) < 4.78 is 0. The molecule has 0 spiro atoms. The number of nitrogens with one attached hydrogen (secondary N) is 1. The second-order valence-electron chi connectivity index (χ2n) is 1.75. The van der Waals surface area contributed by atoms with Gasteiger partial charge in [-0.3, -0.25) is 10.4 Å². The summed E-state index contributed by atoms with van der Waals surface area (Å²) in [5.41, 5.74) is 3.45. The van der Waals surface area contributed by atoms with E-state index in [4.69, 9.17) is 0 Å². The summed E-state index contributed by atoms with van der Waals surface area (Å²) in [6.07, 6.45) is 3.06. The molecule has 0 aliphatic carbocycles. The lowest BCUT2D eigenvalue weighted by Gasteiger charge is -1.91. The molecular formula is C6H8N4. The highest BCUT2D eigenvalue weighted by molar-refractivity contribution is 6.19. The predicted molar refractivity (Wildman–Crippen MR) is 42.6 cm³/mol. The van der Waals surface area contributed by atoms with Gasteiger partial charge >= 0.3 is 0 Å². The minimum absolute atomic E-state index is 0.658. The Morgan fingerprint density at radius 2 is 2.60 bits per heavy atom. The summed E-state index contributed by atoms with van der Waals surface area (Å²) in [7, 11) is 1.66. The summed E-state index contributed by atoms with van der Waals surface area (Å²) in [4.78, 5) is 7.60. The molecule has 52 valence electrons. The Labute approximate surface area is 59.1 Å². The smallest absolute Gasteiger partial charge is 0.156 e. The minimum atomic E-state index is 0.658. The van der Waals surface area contributed by atoms with E-state index in [1.54, 1.807) is 13.3 Å². The Morgan fingerprint density at radius 1 is 1.80 bits per heavy atom. The van der Waals surface area contributed by atoms with Gasteiger partial charge in [-0.25, -0.2) is 4.99 Å². The van der Waals surface area contributed by atoms with Gasteiger partial charge in [-0.05, 0) is 0 Å². The first kappa shape index (κ1) is 6.67. The lowest BCUT2D eigenvalue weighted by atomic mass is 10.3. The van der Waals surface area contributed by atoms with Crippen LogP contribution in [0.5, 0.6) is 0 Å². The van der Waals surface area contributed by atoms with Crippen molar-refractivity contribution in [3.63, 3.8) is 0 Å². The number of rotatable bonds is 1. The Balaban J connectivity index is 2.67. The molecule has 0 fully saturated rings. The molecule has 0 saturated heterocycles. The minimum Gasteiger partial charge on any atom is -0.277 e. The molecule has 10 heavy (non-hydrogen) atoms. The van der Waals surface area contributed by atoms with E-state index in [1.807, 2.05) is 0 Å². The van der Waals surface area contributed by atoms with E-state index < -0.39 is 0 Å². The molecule has 0 bridgehead atoms. The maximum absolute atomic E-state index is 3.91. The van der Waals surface area contributed by atoms with Crippen LogP contribution in [0.1, 0.15) is 0 Å². The van der Waals surface area contributed by atoms with Crippen LogP contribution in [0.4, 0.5) is 0 Å². The lowest BCUT2D eigenvalue weighted by Crippen LogP contribution is -2.12. The van der Waals surface area contributed by atoms with Crippen LogP contribution in [0.15, 0.2) is 27.2 Å². The second kappa shape index (κ2) is 2.91. The topological polar surface area (TPSA) is 49.1 Å². The third kappa shape index (κ3) is 1.28. The average Bonchev–Trinajstić information content (AvgIpc) is 2.31. The number of hydrogen-bond donors (Lipinski definition) is 1. The molecular weight excluding hydrogens is 128 g/mol. The van der Waals surface area contributed by atoms with Gasteiger partial charge in [0.15, 0.2) is 5.84 Å². The van der Waals surface area contributed by atoms with Gasteiger partial charge in [-0.2, -0.15) is 5.10 Å². The van der Waals surface area contributed by atoms with Crippen LogP contribution in [-0.2, 0) is 0 Å². The van der Waals surface area contributed by atoms with E-state index in [0.717, 1.165) is 5.57 Å². The third-order valence-electron chi connectivity index (χ3n) is 0.997. The maximum Gasteiger partial charge on any atom is 0.156 e. The van der Waals surface area contributed by atoms with Crippen molar-refractivity contribution >= 4 is 18.4 Å². The fraction of sp³-hybridized carbons (Fsp3) is 0.167. The van der Waals surface area contributed by atoms with Gasteiger partial charge in [0, 0.05) is 12.6 Å². The summed E-state index contributed by atoms with van der Waals surface area (Å²) in [5, 5.41) is 3.73. The van der Waals surface area contributed by atoms with E-state index in [-0.39, 0.29) is 0 Å². The van der Waals surface area contributed by atoms with Crippen LogP contribution in [-0.4, -0.2) is 25.4 Å². The highest BCUT2D eigenvalue weighted by Gasteiger charge is 2.04. The fourth-order valence-corrected chi connectivity index (χ4v) is 0.532. The quantitative estimate of drug-likeness (QED) is 0.406. The van der Waals surface area contributed by atoms with Crippen LogP contribution in [0, 0.1) is 0 Å².